The highest BCUT2D eigenvalue weighted by Gasteiger charge is 2.38. The first kappa shape index (κ1) is 14.9. The second-order valence-electron chi connectivity index (χ2n) is 3.91. The van der Waals surface area contributed by atoms with E-state index in [0.717, 1.165) is 0 Å². The van der Waals surface area contributed by atoms with Crippen molar-refractivity contribution in [3.8, 4) is 0 Å². The summed E-state index contributed by atoms with van der Waals surface area (Å²) in [6, 6.07) is 0. The summed E-state index contributed by atoms with van der Waals surface area (Å²) >= 11 is 0. The van der Waals surface area contributed by atoms with Gasteiger partial charge < -0.3 is 15.9 Å². The van der Waals surface area contributed by atoms with E-state index >= 15 is 0 Å². The van der Waals surface area contributed by atoms with Gasteiger partial charge in [0.25, 0.3) is 0 Å². The van der Waals surface area contributed by atoms with Gasteiger partial charge in [0, 0.05) is 6.42 Å². The fraction of sp³-hybridized carbons (Fsp3) is 0.800. The second-order valence-corrected chi connectivity index (χ2v) is 3.91. The Balaban J connectivity index is 4.24. The number of rotatable bonds is 8. The van der Waals surface area contributed by atoms with Gasteiger partial charge in [-0.3, -0.25) is 10.1 Å². The number of carbonyl (C=O) groups is 2. The van der Waals surface area contributed by atoms with Crippen LogP contribution in [0.1, 0.15) is 33.1 Å². The van der Waals surface area contributed by atoms with Gasteiger partial charge in [-0.25, -0.2) is 4.79 Å². The van der Waals surface area contributed by atoms with Gasteiger partial charge in [-0.05, 0) is 25.3 Å². The van der Waals surface area contributed by atoms with Crippen molar-refractivity contribution in [3.63, 3.8) is 0 Å². The lowest BCUT2D eigenvalue weighted by Gasteiger charge is -2.31. The van der Waals surface area contributed by atoms with Gasteiger partial charge in [0.1, 0.15) is 0 Å². The number of aliphatic carboxylic acids is 2. The molecule has 94 valence electrons. The first-order chi connectivity index (χ1) is 7.34. The Morgan fingerprint density at radius 1 is 1.44 bits per heavy atom. The van der Waals surface area contributed by atoms with Crippen molar-refractivity contribution in [2.45, 2.75) is 38.8 Å². The van der Waals surface area contributed by atoms with Crippen LogP contribution in [0.15, 0.2) is 0 Å². The van der Waals surface area contributed by atoms with E-state index in [1.165, 1.54) is 0 Å². The molecule has 0 aliphatic rings. The normalized spacial score (nSPS) is 16.4. The van der Waals surface area contributed by atoms with Gasteiger partial charge in [0.05, 0.1) is 0 Å². The fourth-order valence-electron chi connectivity index (χ4n) is 1.32. The number of hydrogen-bond donors (Lipinski definition) is 4. The zero-order chi connectivity index (χ0) is 12.8. The van der Waals surface area contributed by atoms with E-state index in [9.17, 15) is 9.59 Å². The van der Waals surface area contributed by atoms with Crippen LogP contribution in [0.4, 0.5) is 0 Å². The lowest BCUT2D eigenvalue weighted by Crippen LogP contribution is -2.64. The van der Waals surface area contributed by atoms with Crippen LogP contribution < -0.4 is 11.1 Å². The highest BCUT2D eigenvalue weighted by atomic mass is 16.4. The standard InChI is InChI=1S/C10H20N2O4/c1-3-7(2)10(11,9(15)16)12-6-4-5-8(13)14/h7,12H,3-6,11H2,1-2H3,(H,13,14)(H,15,16)/t7-,10-/m0/s1. The largest absolute Gasteiger partial charge is 0.481 e. The molecule has 0 amide bonds. The number of hydrogen-bond acceptors (Lipinski definition) is 4. The van der Waals surface area contributed by atoms with Gasteiger partial charge in [-0.2, -0.15) is 0 Å². The van der Waals surface area contributed by atoms with Crippen molar-refractivity contribution in [2.75, 3.05) is 6.54 Å². The first-order valence-corrected chi connectivity index (χ1v) is 5.33. The van der Waals surface area contributed by atoms with Crippen molar-refractivity contribution < 1.29 is 19.8 Å². The third-order valence-electron chi connectivity index (χ3n) is 2.73. The number of carboxylic acid groups (broad SMARTS) is 2. The van der Waals surface area contributed by atoms with E-state index in [-0.39, 0.29) is 18.9 Å². The molecule has 2 atom stereocenters. The van der Waals surface area contributed by atoms with Crippen molar-refractivity contribution in [1.82, 2.24) is 5.32 Å². The maximum atomic E-state index is 11.0. The van der Waals surface area contributed by atoms with E-state index in [0.29, 0.717) is 12.8 Å². The summed E-state index contributed by atoms with van der Waals surface area (Å²) in [5.41, 5.74) is 4.27. The van der Waals surface area contributed by atoms with Crippen LogP contribution in [0.25, 0.3) is 0 Å². The summed E-state index contributed by atoms with van der Waals surface area (Å²) in [4.78, 5) is 21.3. The molecule has 16 heavy (non-hydrogen) atoms. The Morgan fingerprint density at radius 2 is 2.00 bits per heavy atom. The third-order valence-corrected chi connectivity index (χ3v) is 2.73. The number of nitrogens with one attached hydrogen (secondary N) is 1. The molecule has 0 saturated carbocycles. The maximum Gasteiger partial charge on any atom is 0.338 e. The maximum absolute atomic E-state index is 11.0. The fourth-order valence-corrected chi connectivity index (χ4v) is 1.32. The molecule has 5 N–H and O–H groups in total. The monoisotopic (exact) mass is 232 g/mol. The lowest BCUT2D eigenvalue weighted by molar-refractivity contribution is -0.147. The summed E-state index contributed by atoms with van der Waals surface area (Å²) in [7, 11) is 0. The molecule has 6 nitrogen and oxygen atoms in total. The Morgan fingerprint density at radius 3 is 2.38 bits per heavy atom. The van der Waals surface area contributed by atoms with E-state index in [1.807, 2.05) is 6.92 Å². The van der Waals surface area contributed by atoms with E-state index in [1.54, 1.807) is 6.92 Å². The van der Waals surface area contributed by atoms with Crippen molar-refractivity contribution >= 4 is 11.9 Å². The molecule has 0 aromatic heterocycles. The van der Waals surface area contributed by atoms with E-state index in [2.05, 4.69) is 5.32 Å². The molecule has 6 heteroatoms. The topological polar surface area (TPSA) is 113 Å². The quantitative estimate of drug-likeness (QED) is 0.352. The average molecular weight is 232 g/mol. The van der Waals surface area contributed by atoms with Crippen molar-refractivity contribution in [3.05, 3.63) is 0 Å². The Kier molecular flexibility index (Phi) is 5.98. The molecule has 0 fully saturated rings. The predicted octanol–water partition coefficient (Wildman–Crippen LogP) is 0.227. The molecule has 0 aromatic carbocycles. The van der Waals surface area contributed by atoms with E-state index in [4.69, 9.17) is 15.9 Å². The second kappa shape index (κ2) is 6.44. The van der Waals surface area contributed by atoms with Crippen LogP contribution in [0.3, 0.4) is 0 Å². The lowest BCUT2D eigenvalue weighted by atomic mass is 9.92. The molecule has 0 radical (unpaired) electrons. The van der Waals surface area contributed by atoms with Crippen LogP contribution in [-0.4, -0.2) is 34.4 Å². The summed E-state index contributed by atoms with van der Waals surface area (Å²) in [6.07, 6.45) is 0.996. The molecule has 0 saturated heterocycles. The van der Waals surface area contributed by atoms with Crippen molar-refractivity contribution in [1.29, 1.82) is 0 Å². The number of carboxylic acids is 2. The molecule has 0 aliphatic carbocycles. The van der Waals surface area contributed by atoms with Crippen LogP contribution in [-0.2, 0) is 9.59 Å². The smallest absolute Gasteiger partial charge is 0.338 e. The Hall–Kier alpha value is -1.14. The predicted molar refractivity (Wildman–Crippen MR) is 58.9 cm³/mol. The minimum atomic E-state index is -1.48. The Labute approximate surface area is 94.8 Å². The van der Waals surface area contributed by atoms with Gasteiger partial charge >= 0.3 is 11.9 Å². The highest BCUT2D eigenvalue weighted by molar-refractivity contribution is 5.78. The zero-order valence-corrected chi connectivity index (χ0v) is 9.69. The van der Waals surface area contributed by atoms with Gasteiger partial charge in [0.2, 0.25) is 0 Å². The van der Waals surface area contributed by atoms with Gasteiger partial charge in [-0.15, -0.1) is 0 Å². The first-order valence-electron chi connectivity index (χ1n) is 5.33. The minimum Gasteiger partial charge on any atom is -0.481 e. The molecular formula is C10H20N2O4. The molecule has 0 heterocycles. The molecule has 0 bridgehead atoms. The molecule has 0 aliphatic heterocycles. The summed E-state index contributed by atoms with van der Waals surface area (Å²) in [6.45, 7) is 3.88. The highest BCUT2D eigenvalue weighted by Crippen LogP contribution is 2.15. The molecule has 0 spiro atoms. The third kappa shape index (κ3) is 4.16. The van der Waals surface area contributed by atoms with Crippen LogP contribution >= 0.6 is 0 Å². The van der Waals surface area contributed by atoms with E-state index < -0.39 is 17.6 Å². The van der Waals surface area contributed by atoms with Gasteiger partial charge in [-0.1, -0.05) is 13.8 Å². The molecular weight excluding hydrogens is 212 g/mol. The minimum absolute atomic E-state index is 0.00318. The molecule has 0 aromatic rings. The van der Waals surface area contributed by atoms with Crippen LogP contribution in [0.2, 0.25) is 0 Å². The van der Waals surface area contributed by atoms with Gasteiger partial charge in [0.15, 0.2) is 5.66 Å². The molecule has 0 unspecified atom stereocenters. The molecule has 0 rings (SSSR count). The van der Waals surface area contributed by atoms with Crippen LogP contribution in [0, 0.1) is 5.92 Å². The summed E-state index contributed by atoms with van der Waals surface area (Å²) in [5.74, 6) is -2.24. The summed E-state index contributed by atoms with van der Waals surface area (Å²) < 4.78 is 0. The average Bonchev–Trinajstić information content (AvgIpc) is 2.22. The Bertz CT molecular complexity index is 257. The SMILES string of the molecule is CC[C@H](C)[C@](N)(NCCCC(=O)O)C(=O)O. The zero-order valence-electron chi connectivity index (χ0n) is 9.69. The van der Waals surface area contributed by atoms with Crippen LogP contribution in [0.5, 0.6) is 0 Å². The summed E-state index contributed by atoms with van der Waals surface area (Å²) in [5, 5.41) is 20.2. The number of nitrogens with two attached hydrogens (primary N) is 1. The van der Waals surface area contributed by atoms with Crippen molar-refractivity contribution in [2.24, 2.45) is 11.7 Å².